The van der Waals surface area contributed by atoms with Crippen LogP contribution in [-0.2, 0) is 11.0 Å². The standard InChI is InChI=1S/C16H19F3N4O/c1-9(2)14(23-21)6-10(3)15(24)22-12-5-4-11(8-20)13(7-12)16(17,18)19/h4-5,7,9-10,14,21H,6H2,1-3H3,(H,22,24). The first-order valence-electron chi connectivity index (χ1n) is 7.39. The fourth-order valence-electron chi connectivity index (χ4n) is 2.16. The first kappa shape index (κ1) is 19.6. The summed E-state index contributed by atoms with van der Waals surface area (Å²) in [6, 6.07) is 4.20. The van der Waals surface area contributed by atoms with Gasteiger partial charge in [0.1, 0.15) is 0 Å². The largest absolute Gasteiger partial charge is 0.417 e. The van der Waals surface area contributed by atoms with Gasteiger partial charge in [-0.25, -0.2) is 5.53 Å². The summed E-state index contributed by atoms with van der Waals surface area (Å²) in [5, 5.41) is 14.6. The van der Waals surface area contributed by atoms with E-state index in [1.165, 1.54) is 12.1 Å². The summed E-state index contributed by atoms with van der Waals surface area (Å²) in [4.78, 5) is 12.1. The molecular weight excluding hydrogens is 321 g/mol. The molecule has 1 aromatic carbocycles. The summed E-state index contributed by atoms with van der Waals surface area (Å²) < 4.78 is 38.8. The lowest BCUT2D eigenvalue weighted by Crippen LogP contribution is -2.26. The second-order valence-electron chi connectivity index (χ2n) is 5.94. The van der Waals surface area contributed by atoms with Crippen LogP contribution in [0.5, 0.6) is 0 Å². The van der Waals surface area contributed by atoms with E-state index in [9.17, 15) is 18.0 Å². The van der Waals surface area contributed by atoms with Crippen LogP contribution in [0.4, 0.5) is 18.9 Å². The Labute approximate surface area is 138 Å². The number of halogens is 3. The Balaban J connectivity index is 2.91. The zero-order valence-corrected chi connectivity index (χ0v) is 13.6. The average Bonchev–Trinajstić information content (AvgIpc) is 2.50. The van der Waals surface area contributed by atoms with E-state index in [0.29, 0.717) is 6.42 Å². The molecule has 8 heteroatoms. The van der Waals surface area contributed by atoms with Crippen molar-refractivity contribution in [1.29, 1.82) is 10.8 Å². The lowest BCUT2D eigenvalue weighted by Gasteiger charge is -2.19. The zero-order valence-electron chi connectivity index (χ0n) is 13.6. The van der Waals surface area contributed by atoms with Gasteiger partial charge in [-0.1, -0.05) is 20.8 Å². The predicted octanol–water partition coefficient (Wildman–Crippen LogP) is 4.60. The number of anilines is 1. The minimum absolute atomic E-state index is 0.0258. The molecule has 5 nitrogen and oxygen atoms in total. The van der Waals surface area contributed by atoms with Gasteiger partial charge < -0.3 is 5.32 Å². The summed E-state index contributed by atoms with van der Waals surface area (Å²) in [5.74, 6) is -0.886. The minimum atomic E-state index is -4.68. The van der Waals surface area contributed by atoms with Crippen LogP contribution in [0.25, 0.3) is 0 Å². The topological polar surface area (TPSA) is 89.1 Å². The zero-order chi connectivity index (χ0) is 18.5. The summed E-state index contributed by atoms with van der Waals surface area (Å²) in [5.41, 5.74) is 5.51. The molecule has 2 atom stereocenters. The van der Waals surface area contributed by atoms with Crippen molar-refractivity contribution in [2.75, 3.05) is 5.32 Å². The molecule has 2 N–H and O–H groups in total. The number of alkyl halides is 3. The molecule has 0 fully saturated rings. The van der Waals surface area contributed by atoms with E-state index in [4.69, 9.17) is 10.8 Å². The van der Waals surface area contributed by atoms with E-state index >= 15 is 0 Å². The van der Waals surface area contributed by atoms with Gasteiger partial charge >= 0.3 is 6.18 Å². The number of rotatable bonds is 6. The van der Waals surface area contributed by atoms with Crippen LogP contribution in [0, 0.1) is 28.7 Å². The lowest BCUT2D eigenvalue weighted by atomic mass is 9.93. The highest BCUT2D eigenvalue weighted by molar-refractivity contribution is 5.92. The number of nitrogens with one attached hydrogen (secondary N) is 2. The molecule has 0 saturated carbocycles. The Morgan fingerprint density at radius 2 is 2.00 bits per heavy atom. The Morgan fingerprint density at radius 1 is 1.38 bits per heavy atom. The number of hydrogen-bond donors (Lipinski definition) is 2. The second-order valence-corrected chi connectivity index (χ2v) is 5.94. The molecule has 0 aromatic heterocycles. The Morgan fingerprint density at radius 3 is 2.46 bits per heavy atom. The number of amides is 1. The molecule has 0 aliphatic carbocycles. The van der Waals surface area contributed by atoms with E-state index < -0.39 is 29.1 Å². The van der Waals surface area contributed by atoms with Gasteiger partial charge in [-0.05, 0) is 30.5 Å². The number of nitriles is 1. The molecule has 0 radical (unpaired) electrons. The van der Waals surface area contributed by atoms with Crippen LogP contribution in [-0.4, -0.2) is 11.9 Å². The van der Waals surface area contributed by atoms with Crippen molar-refractivity contribution in [3.8, 4) is 6.07 Å². The van der Waals surface area contributed by atoms with Crippen LogP contribution in [0.1, 0.15) is 38.3 Å². The van der Waals surface area contributed by atoms with Gasteiger partial charge in [0, 0.05) is 11.6 Å². The van der Waals surface area contributed by atoms with E-state index in [0.717, 1.165) is 12.1 Å². The minimum Gasteiger partial charge on any atom is -0.326 e. The third-order valence-corrected chi connectivity index (χ3v) is 3.69. The van der Waals surface area contributed by atoms with Gasteiger partial charge in [-0.2, -0.15) is 23.5 Å². The molecule has 130 valence electrons. The van der Waals surface area contributed by atoms with E-state index in [1.54, 1.807) is 6.92 Å². The third-order valence-electron chi connectivity index (χ3n) is 3.69. The van der Waals surface area contributed by atoms with Gasteiger partial charge in [0.25, 0.3) is 0 Å². The Kier molecular flexibility index (Phi) is 6.46. The van der Waals surface area contributed by atoms with Crippen LogP contribution >= 0.6 is 0 Å². The summed E-state index contributed by atoms with van der Waals surface area (Å²) in [6.07, 6.45) is -4.35. The van der Waals surface area contributed by atoms with Crippen molar-refractivity contribution < 1.29 is 18.0 Å². The number of carbonyl (C=O) groups is 1. The highest BCUT2D eigenvalue weighted by Gasteiger charge is 2.34. The number of carbonyl (C=O) groups excluding carboxylic acids is 1. The van der Waals surface area contributed by atoms with Gasteiger partial charge in [0.15, 0.2) is 0 Å². The van der Waals surface area contributed by atoms with Crippen molar-refractivity contribution in [1.82, 2.24) is 0 Å². The fourth-order valence-corrected chi connectivity index (χ4v) is 2.16. The smallest absolute Gasteiger partial charge is 0.326 e. The number of benzene rings is 1. The van der Waals surface area contributed by atoms with Crippen molar-refractivity contribution in [2.45, 2.75) is 39.4 Å². The van der Waals surface area contributed by atoms with E-state index in [-0.39, 0.29) is 17.6 Å². The van der Waals surface area contributed by atoms with Gasteiger partial charge in [-0.15, -0.1) is 0 Å². The molecular formula is C16H19F3N4O. The van der Waals surface area contributed by atoms with Gasteiger partial charge in [0.2, 0.25) is 5.91 Å². The van der Waals surface area contributed by atoms with Crippen molar-refractivity contribution in [3.05, 3.63) is 29.3 Å². The molecule has 1 rings (SSSR count). The fraction of sp³-hybridized carbons (Fsp3) is 0.500. The maximum Gasteiger partial charge on any atom is 0.417 e. The molecule has 2 unspecified atom stereocenters. The van der Waals surface area contributed by atoms with Crippen LogP contribution in [0.2, 0.25) is 0 Å². The Hall–Kier alpha value is -2.43. The lowest BCUT2D eigenvalue weighted by molar-refractivity contribution is -0.137. The molecule has 1 amide bonds. The highest BCUT2D eigenvalue weighted by Crippen LogP contribution is 2.33. The molecule has 0 saturated heterocycles. The quantitative estimate of drug-likeness (QED) is 0.741. The predicted molar refractivity (Wildman–Crippen MR) is 82.3 cm³/mol. The van der Waals surface area contributed by atoms with Gasteiger partial charge in [0.05, 0.1) is 23.2 Å². The molecule has 0 heterocycles. The van der Waals surface area contributed by atoms with Crippen LogP contribution < -0.4 is 5.32 Å². The molecule has 0 bridgehead atoms. The third kappa shape index (κ3) is 5.05. The summed E-state index contributed by atoms with van der Waals surface area (Å²) in [7, 11) is 0. The average molecular weight is 340 g/mol. The van der Waals surface area contributed by atoms with Crippen LogP contribution in [0.15, 0.2) is 23.3 Å². The van der Waals surface area contributed by atoms with Crippen molar-refractivity contribution in [3.63, 3.8) is 0 Å². The van der Waals surface area contributed by atoms with Crippen LogP contribution in [0.3, 0.4) is 0 Å². The van der Waals surface area contributed by atoms with E-state index in [2.05, 4.69) is 10.4 Å². The number of nitrogens with zero attached hydrogens (tertiary/aromatic N) is 2. The molecule has 24 heavy (non-hydrogen) atoms. The monoisotopic (exact) mass is 340 g/mol. The SMILES string of the molecule is CC(CC(N=N)C(C)C)C(=O)Nc1ccc(C#N)c(C(F)(F)F)c1. The maximum atomic E-state index is 12.9. The second kappa shape index (κ2) is 7.90. The molecule has 0 spiro atoms. The first-order valence-corrected chi connectivity index (χ1v) is 7.39. The van der Waals surface area contributed by atoms with E-state index in [1.807, 2.05) is 13.8 Å². The Bertz CT molecular complexity index is 650. The first-order chi connectivity index (χ1) is 11.1. The molecule has 1 aromatic rings. The highest BCUT2D eigenvalue weighted by atomic mass is 19.4. The molecule has 0 aliphatic rings. The van der Waals surface area contributed by atoms with Gasteiger partial charge in [-0.3, -0.25) is 4.79 Å². The summed E-state index contributed by atoms with van der Waals surface area (Å²) >= 11 is 0. The number of hydrogen-bond acceptors (Lipinski definition) is 4. The summed E-state index contributed by atoms with van der Waals surface area (Å²) in [6.45, 7) is 5.39. The normalized spacial score (nSPS) is 13.9. The molecule has 0 aliphatic heterocycles. The maximum absolute atomic E-state index is 12.9. The van der Waals surface area contributed by atoms with Crippen molar-refractivity contribution >= 4 is 11.6 Å². The van der Waals surface area contributed by atoms with Crippen molar-refractivity contribution in [2.24, 2.45) is 17.0 Å².